The van der Waals surface area contributed by atoms with Crippen LogP contribution in [-0.2, 0) is 4.79 Å². The lowest BCUT2D eigenvalue weighted by Crippen LogP contribution is -2.32. The first-order valence-corrected chi connectivity index (χ1v) is 5.40. The minimum atomic E-state index is 0.0562. The molecule has 4 heteroatoms. The maximum Gasteiger partial charge on any atom is 0.221 e. The molecule has 1 amide bonds. The summed E-state index contributed by atoms with van der Waals surface area (Å²) >= 11 is 0. The highest BCUT2D eigenvalue weighted by molar-refractivity contribution is 5.75. The molecule has 0 fully saturated rings. The topological polar surface area (TPSA) is 56.1 Å². The Balaban J connectivity index is 3.90. The summed E-state index contributed by atoms with van der Waals surface area (Å²) in [5.74, 6) is 0.620. The Bertz CT molecular complexity index is 220. The van der Waals surface area contributed by atoms with Gasteiger partial charge in [-0.05, 0) is 5.92 Å². The highest BCUT2D eigenvalue weighted by atomic mass is 16.1. The van der Waals surface area contributed by atoms with Gasteiger partial charge in [0.25, 0.3) is 0 Å². The zero-order valence-corrected chi connectivity index (χ0v) is 9.92. The second-order valence-electron chi connectivity index (χ2n) is 4.03. The van der Waals surface area contributed by atoms with Gasteiger partial charge in [0.05, 0.1) is 6.07 Å². The standard InChI is InChI=1S/C11H21N3O/c1-10(2)9-14(7-4-6-12)8-5-11(15)13-3/h10H,4-5,7-9H2,1-3H3,(H,13,15). The first-order valence-electron chi connectivity index (χ1n) is 5.40. The lowest BCUT2D eigenvalue weighted by molar-refractivity contribution is -0.120. The highest BCUT2D eigenvalue weighted by Gasteiger charge is 2.08. The molecule has 0 aliphatic rings. The van der Waals surface area contributed by atoms with E-state index in [1.807, 2.05) is 0 Å². The van der Waals surface area contributed by atoms with Crippen LogP contribution in [0, 0.1) is 17.2 Å². The van der Waals surface area contributed by atoms with Crippen molar-refractivity contribution in [3.63, 3.8) is 0 Å². The molecule has 15 heavy (non-hydrogen) atoms. The zero-order valence-electron chi connectivity index (χ0n) is 9.92. The van der Waals surface area contributed by atoms with E-state index in [-0.39, 0.29) is 5.91 Å². The number of carbonyl (C=O) groups excluding carboxylic acids is 1. The van der Waals surface area contributed by atoms with Gasteiger partial charge in [-0.2, -0.15) is 5.26 Å². The van der Waals surface area contributed by atoms with E-state index in [1.54, 1.807) is 7.05 Å². The van der Waals surface area contributed by atoms with Gasteiger partial charge < -0.3 is 10.2 Å². The molecular formula is C11H21N3O. The van der Waals surface area contributed by atoms with Crippen LogP contribution in [0.5, 0.6) is 0 Å². The van der Waals surface area contributed by atoms with Crippen molar-refractivity contribution in [2.45, 2.75) is 26.7 Å². The Morgan fingerprint density at radius 3 is 2.60 bits per heavy atom. The molecule has 0 unspecified atom stereocenters. The summed E-state index contributed by atoms with van der Waals surface area (Å²) in [5, 5.41) is 11.1. The fraction of sp³-hybridized carbons (Fsp3) is 0.818. The quantitative estimate of drug-likeness (QED) is 0.683. The molecule has 0 aromatic carbocycles. The van der Waals surface area contributed by atoms with E-state index in [9.17, 15) is 4.79 Å². The predicted octanol–water partition coefficient (Wildman–Crippen LogP) is 0.994. The first-order chi connectivity index (χ1) is 7.10. The van der Waals surface area contributed by atoms with Gasteiger partial charge in [0, 0.05) is 39.5 Å². The van der Waals surface area contributed by atoms with Crippen LogP contribution < -0.4 is 5.32 Å². The molecule has 0 rings (SSSR count). The van der Waals surface area contributed by atoms with Crippen molar-refractivity contribution < 1.29 is 4.79 Å². The van der Waals surface area contributed by atoms with Gasteiger partial charge in [0.1, 0.15) is 0 Å². The van der Waals surface area contributed by atoms with Gasteiger partial charge in [0.15, 0.2) is 0 Å². The average Bonchev–Trinajstić information content (AvgIpc) is 2.20. The normalized spacial score (nSPS) is 10.4. The Hall–Kier alpha value is -1.08. The summed E-state index contributed by atoms with van der Waals surface area (Å²) in [5.41, 5.74) is 0. The Kier molecular flexibility index (Phi) is 7.65. The summed E-state index contributed by atoms with van der Waals surface area (Å²) in [6.45, 7) is 6.71. The number of hydrogen-bond acceptors (Lipinski definition) is 3. The fourth-order valence-electron chi connectivity index (χ4n) is 1.40. The molecule has 0 aliphatic carbocycles. The van der Waals surface area contributed by atoms with Gasteiger partial charge in [-0.15, -0.1) is 0 Å². The molecule has 0 spiro atoms. The summed E-state index contributed by atoms with van der Waals surface area (Å²) in [4.78, 5) is 13.2. The van der Waals surface area contributed by atoms with Gasteiger partial charge in [0.2, 0.25) is 5.91 Å². The van der Waals surface area contributed by atoms with Crippen LogP contribution >= 0.6 is 0 Å². The van der Waals surface area contributed by atoms with Crippen LogP contribution in [-0.4, -0.2) is 37.5 Å². The van der Waals surface area contributed by atoms with Crippen molar-refractivity contribution in [2.24, 2.45) is 5.92 Å². The van der Waals surface area contributed by atoms with Crippen LogP contribution in [0.2, 0.25) is 0 Å². The van der Waals surface area contributed by atoms with Crippen LogP contribution in [0.25, 0.3) is 0 Å². The average molecular weight is 211 g/mol. The molecule has 0 bridgehead atoms. The molecule has 1 N–H and O–H groups in total. The van der Waals surface area contributed by atoms with Gasteiger partial charge >= 0.3 is 0 Å². The van der Waals surface area contributed by atoms with Gasteiger partial charge in [-0.1, -0.05) is 13.8 Å². The third-order valence-corrected chi connectivity index (χ3v) is 2.10. The lowest BCUT2D eigenvalue weighted by atomic mass is 10.2. The smallest absolute Gasteiger partial charge is 0.221 e. The minimum Gasteiger partial charge on any atom is -0.359 e. The Morgan fingerprint density at radius 2 is 2.13 bits per heavy atom. The van der Waals surface area contributed by atoms with Crippen molar-refractivity contribution in [1.29, 1.82) is 5.26 Å². The maximum atomic E-state index is 11.1. The highest BCUT2D eigenvalue weighted by Crippen LogP contribution is 2.01. The fourth-order valence-corrected chi connectivity index (χ4v) is 1.40. The van der Waals surface area contributed by atoms with Crippen molar-refractivity contribution in [2.75, 3.05) is 26.7 Å². The van der Waals surface area contributed by atoms with Crippen molar-refractivity contribution in [1.82, 2.24) is 10.2 Å². The second kappa shape index (κ2) is 8.25. The number of rotatable bonds is 7. The number of carbonyl (C=O) groups is 1. The number of nitriles is 1. The number of nitrogens with zero attached hydrogens (tertiary/aromatic N) is 2. The van der Waals surface area contributed by atoms with E-state index < -0.39 is 0 Å². The third kappa shape index (κ3) is 7.95. The predicted molar refractivity (Wildman–Crippen MR) is 60.2 cm³/mol. The van der Waals surface area contributed by atoms with Crippen LogP contribution in [0.3, 0.4) is 0 Å². The SMILES string of the molecule is CNC(=O)CCN(CCC#N)CC(C)C. The Morgan fingerprint density at radius 1 is 1.47 bits per heavy atom. The van der Waals surface area contributed by atoms with E-state index in [0.717, 1.165) is 19.6 Å². The van der Waals surface area contributed by atoms with Gasteiger partial charge in [-0.3, -0.25) is 4.79 Å². The van der Waals surface area contributed by atoms with E-state index >= 15 is 0 Å². The number of hydrogen-bond donors (Lipinski definition) is 1. The molecule has 0 aliphatic heterocycles. The molecule has 0 aromatic heterocycles. The van der Waals surface area contributed by atoms with Crippen LogP contribution in [0.1, 0.15) is 26.7 Å². The molecule has 0 saturated carbocycles. The van der Waals surface area contributed by atoms with Crippen LogP contribution in [0.4, 0.5) is 0 Å². The molecule has 86 valence electrons. The maximum absolute atomic E-state index is 11.1. The summed E-state index contributed by atoms with van der Waals surface area (Å²) in [6, 6.07) is 2.13. The van der Waals surface area contributed by atoms with E-state index in [2.05, 4.69) is 30.1 Å². The van der Waals surface area contributed by atoms with Crippen molar-refractivity contribution in [3.05, 3.63) is 0 Å². The molecule has 0 atom stereocenters. The summed E-state index contributed by atoms with van der Waals surface area (Å²) in [7, 11) is 1.64. The van der Waals surface area contributed by atoms with E-state index in [4.69, 9.17) is 5.26 Å². The third-order valence-electron chi connectivity index (χ3n) is 2.10. The Labute approximate surface area is 92.3 Å². The molecule has 0 saturated heterocycles. The molecule has 0 radical (unpaired) electrons. The monoisotopic (exact) mass is 211 g/mol. The second-order valence-corrected chi connectivity index (χ2v) is 4.03. The molecule has 0 aromatic rings. The van der Waals surface area contributed by atoms with E-state index in [0.29, 0.717) is 18.8 Å². The molecular weight excluding hydrogens is 190 g/mol. The van der Waals surface area contributed by atoms with Crippen molar-refractivity contribution in [3.8, 4) is 6.07 Å². The summed E-state index contributed by atoms with van der Waals surface area (Å²) in [6.07, 6.45) is 1.04. The number of amides is 1. The first kappa shape index (κ1) is 13.9. The number of nitrogens with one attached hydrogen (secondary N) is 1. The largest absolute Gasteiger partial charge is 0.359 e. The van der Waals surface area contributed by atoms with Crippen LogP contribution in [0.15, 0.2) is 0 Å². The van der Waals surface area contributed by atoms with Gasteiger partial charge in [-0.25, -0.2) is 0 Å². The molecule has 0 heterocycles. The van der Waals surface area contributed by atoms with Crippen molar-refractivity contribution >= 4 is 5.91 Å². The zero-order chi connectivity index (χ0) is 11.7. The lowest BCUT2D eigenvalue weighted by Gasteiger charge is -2.22. The molecule has 4 nitrogen and oxygen atoms in total. The van der Waals surface area contributed by atoms with E-state index in [1.165, 1.54) is 0 Å². The summed E-state index contributed by atoms with van der Waals surface area (Å²) < 4.78 is 0. The minimum absolute atomic E-state index is 0.0562.